The third-order valence-corrected chi connectivity index (χ3v) is 4.02. The number of nitrogens with two attached hydrogens (primary N) is 1. The van der Waals surface area contributed by atoms with E-state index in [4.69, 9.17) is 10.3 Å². The molecule has 0 aliphatic heterocycles. The molecule has 0 saturated heterocycles. The van der Waals surface area contributed by atoms with Crippen LogP contribution in [0.25, 0.3) is 0 Å². The Morgan fingerprint density at radius 3 is 2.85 bits per heavy atom. The summed E-state index contributed by atoms with van der Waals surface area (Å²) in [6, 6.07) is 0.0368. The first kappa shape index (κ1) is 15.0. The van der Waals surface area contributed by atoms with Gasteiger partial charge in [-0.1, -0.05) is 31.3 Å². The molecule has 0 bridgehead atoms. The average molecular weight is 280 g/mol. The van der Waals surface area contributed by atoms with Gasteiger partial charge in [-0.25, -0.2) is 0 Å². The van der Waals surface area contributed by atoms with Gasteiger partial charge in [0.2, 0.25) is 11.8 Å². The molecule has 1 heterocycles. The number of rotatable bonds is 5. The van der Waals surface area contributed by atoms with Gasteiger partial charge in [-0.2, -0.15) is 4.98 Å². The summed E-state index contributed by atoms with van der Waals surface area (Å²) in [6.07, 6.45) is 5.94. The number of nitrogens with one attached hydrogen (secondary N) is 1. The van der Waals surface area contributed by atoms with E-state index in [1.54, 1.807) is 0 Å². The van der Waals surface area contributed by atoms with Crippen LogP contribution in [-0.2, 0) is 11.2 Å². The molecule has 0 radical (unpaired) electrons. The second kappa shape index (κ2) is 6.83. The zero-order chi connectivity index (χ0) is 14.5. The van der Waals surface area contributed by atoms with Crippen LogP contribution in [-0.4, -0.2) is 22.1 Å². The number of amides is 1. The van der Waals surface area contributed by atoms with Crippen molar-refractivity contribution in [1.29, 1.82) is 0 Å². The lowest BCUT2D eigenvalue weighted by Crippen LogP contribution is -2.43. The van der Waals surface area contributed by atoms with Crippen LogP contribution in [0.1, 0.15) is 63.7 Å². The highest BCUT2D eigenvalue weighted by atomic mass is 16.5. The van der Waals surface area contributed by atoms with Gasteiger partial charge < -0.3 is 15.6 Å². The van der Waals surface area contributed by atoms with Crippen LogP contribution in [0.3, 0.4) is 0 Å². The second-order valence-electron chi connectivity index (χ2n) is 5.54. The van der Waals surface area contributed by atoms with E-state index in [1.165, 1.54) is 0 Å². The van der Waals surface area contributed by atoms with E-state index in [2.05, 4.69) is 15.5 Å². The number of carbonyl (C=O) groups is 1. The van der Waals surface area contributed by atoms with E-state index >= 15 is 0 Å². The van der Waals surface area contributed by atoms with Crippen LogP contribution >= 0.6 is 0 Å². The standard InChI is InChI=1S/C14H24N4O2/c1-3-12-17-14(20-18-12)9(2)16-11-8-6-4-5-7-10(11)13(15)19/h9-11,16H,3-8H2,1-2H3,(H2,15,19)/t9-,10-,11-/m0/s1. The third-order valence-electron chi connectivity index (χ3n) is 4.02. The number of nitrogens with zero attached hydrogens (tertiary/aromatic N) is 2. The molecule has 1 aromatic rings. The van der Waals surface area contributed by atoms with Crippen molar-refractivity contribution in [1.82, 2.24) is 15.5 Å². The lowest BCUT2D eigenvalue weighted by Gasteiger charge is -2.25. The Kier molecular flexibility index (Phi) is 5.11. The van der Waals surface area contributed by atoms with Gasteiger partial charge in [0, 0.05) is 12.5 Å². The van der Waals surface area contributed by atoms with Crippen molar-refractivity contribution in [3.05, 3.63) is 11.7 Å². The summed E-state index contributed by atoms with van der Waals surface area (Å²) in [6.45, 7) is 3.97. The van der Waals surface area contributed by atoms with Gasteiger partial charge in [0.05, 0.1) is 12.0 Å². The van der Waals surface area contributed by atoms with Crippen LogP contribution in [0.15, 0.2) is 4.52 Å². The van der Waals surface area contributed by atoms with Crippen molar-refractivity contribution < 1.29 is 9.32 Å². The van der Waals surface area contributed by atoms with Gasteiger partial charge in [-0.15, -0.1) is 0 Å². The summed E-state index contributed by atoms with van der Waals surface area (Å²) in [5, 5.41) is 7.35. The molecule has 2 rings (SSSR count). The first-order chi connectivity index (χ1) is 9.61. The highest BCUT2D eigenvalue weighted by Gasteiger charge is 2.30. The fourth-order valence-electron chi connectivity index (χ4n) is 2.83. The molecule has 1 aliphatic carbocycles. The Morgan fingerprint density at radius 2 is 2.20 bits per heavy atom. The molecule has 112 valence electrons. The van der Waals surface area contributed by atoms with Crippen molar-refractivity contribution in [3.8, 4) is 0 Å². The first-order valence-electron chi connectivity index (χ1n) is 7.49. The Bertz CT molecular complexity index is 446. The Hall–Kier alpha value is -1.43. The first-order valence-corrected chi connectivity index (χ1v) is 7.49. The van der Waals surface area contributed by atoms with Gasteiger partial charge in [-0.3, -0.25) is 4.79 Å². The number of hydrogen-bond acceptors (Lipinski definition) is 5. The van der Waals surface area contributed by atoms with E-state index < -0.39 is 0 Å². The SMILES string of the molecule is CCc1noc([C@H](C)N[C@H]2CCCCC[C@@H]2C(N)=O)n1. The zero-order valence-electron chi connectivity index (χ0n) is 12.3. The predicted octanol–water partition coefficient (Wildman–Crippen LogP) is 1.72. The smallest absolute Gasteiger partial charge is 0.243 e. The molecular formula is C14H24N4O2. The second-order valence-corrected chi connectivity index (χ2v) is 5.54. The predicted molar refractivity (Wildman–Crippen MR) is 74.8 cm³/mol. The Labute approximate surface area is 119 Å². The van der Waals surface area contributed by atoms with Crippen molar-refractivity contribution in [2.24, 2.45) is 11.7 Å². The molecule has 1 fully saturated rings. The summed E-state index contributed by atoms with van der Waals surface area (Å²) in [5.41, 5.74) is 5.54. The van der Waals surface area contributed by atoms with Crippen LogP contribution < -0.4 is 11.1 Å². The Morgan fingerprint density at radius 1 is 1.45 bits per heavy atom. The summed E-state index contributed by atoms with van der Waals surface area (Å²) in [5.74, 6) is 0.972. The van der Waals surface area contributed by atoms with Crippen LogP contribution in [0.5, 0.6) is 0 Å². The molecule has 0 unspecified atom stereocenters. The fourth-order valence-corrected chi connectivity index (χ4v) is 2.83. The van der Waals surface area contributed by atoms with Crippen molar-refractivity contribution in [3.63, 3.8) is 0 Å². The van der Waals surface area contributed by atoms with Gasteiger partial charge >= 0.3 is 0 Å². The normalized spacial score (nSPS) is 25.1. The van der Waals surface area contributed by atoms with Gasteiger partial charge in [0.15, 0.2) is 5.82 Å². The van der Waals surface area contributed by atoms with E-state index in [0.29, 0.717) is 11.7 Å². The molecule has 6 nitrogen and oxygen atoms in total. The molecule has 1 aliphatic rings. The highest BCUT2D eigenvalue weighted by molar-refractivity contribution is 5.77. The lowest BCUT2D eigenvalue weighted by molar-refractivity contribution is -0.123. The molecular weight excluding hydrogens is 256 g/mol. The fraction of sp³-hybridized carbons (Fsp3) is 0.786. The molecule has 1 aromatic heterocycles. The minimum atomic E-state index is -0.212. The number of hydrogen-bond donors (Lipinski definition) is 2. The minimum absolute atomic E-state index is 0.0623. The van der Waals surface area contributed by atoms with E-state index in [-0.39, 0.29) is 23.9 Å². The van der Waals surface area contributed by atoms with E-state index in [0.717, 1.165) is 38.5 Å². The van der Waals surface area contributed by atoms with Gasteiger partial charge in [0.25, 0.3) is 0 Å². The van der Waals surface area contributed by atoms with E-state index in [1.807, 2.05) is 13.8 Å². The largest absolute Gasteiger partial charge is 0.369 e. The van der Waals surface area contributed by atoms with Gasteiger partial charge in [-0.05, 0) is 19.8 Å². The highest BCUT2D eigenvalue weighted by Crippen LogP contribution is 2.25. The number of carbonyl (C=O) groups excluding carboxylic acids is 1. The van der Waals surface area contributed by atoms with Crippen molar-refractivity contribution in [2.75, 3.05) is 0 Å². The maximum absolute atomic E-state index is 11.6. The molecule has 0 aromatic carbocycles. The maximum Gasteiger partial charge on any atom is 0.243 e. The monoisotopic (exact) mass is 280 g/mol. The topological polar surface area (TPSA) is 94.0 Å². The van der Waals surface area contributed by atoms with Crippen LogP contribution in [0.4, 0.5) is 0 Å². The molecule has 3 N–H and O–H groups in total. The van der Waals surface area contributed by atoms with Crippen molar-refractivity contribution in [2.45, 2.75) is 64.5 Å². The molecule has 1 saturated carbocycles. The number of aryl methyl sites for hydroxylation is 1. The quantitative estimate of drug-likeness (QED) is 0.801. The summed E-state index contributed by atoms with van der Waals surface area (Å²) in [7, 11) is 0. The van der Waals surface area contributed by atoms with Crippen molar-refractivity contribution >= 4 is 5.91 Å². The summed E-state index contributed by atoms with van der Waals surface area (Å²) in [4.78, 5) is 15.9. The number of aromatic nitrogens is 2. The van der Waals surface area contributed by atoms with Crippen LogP contribution in [0.2, 0.25) is 0 Å². The maximum atomic E-state index is 11.6. The third kappa shape index (κ3) is 3.56. The minimum Gasteiger partial charge on any atom is -0.369 e. The van der Waals surface area contributed by atoms with Gasteiger partial charge in [0.1, 0.15) is 0 Å². The summed E-state index contributed by atoms with van der Waals surface area (Å²) >= 11 is 0. The molecule has 3 atom stereocenters. The molecule has 0 spiro atoms. The van der Waals surface area contributed by atoms with Crippen LogP contribution in [0, 0.1) is 5.92 Å². The average Bonchev–Trinajstić information content (AvgIpc) is 2.79. The molecule has 6 heteroatoms. The summed E-state index contributed by atoms with van der Waals surface area (Å²) < 4.78 is 5.25. The van der Waals surface area contributed by atoms with E-state index in [9.17, 15) is 4.79 Å². The Balaban J connectivity index is 2.03. The molecule has 1 amide bonds. The zero-order valence-corrected chi connectivity index (χ0v) is 12.3. The number of primary amides is 1. The lowest BCUT2D eigenvalue weighted by atomic mass is 9.93. The molecule has 20 heavy (non-hydrogen) atoms.